The monoisotopic (exact) mass is 668 g/mol. The van der Waals surface area contributed by atoms with Crippen LogP contribution in [0.3, 0.4) is 0 Å². The van der Waals surface area contributed by atoms with Crippen LogP contribution in [0.1, 0.15) is 0 Å². The summed E-state index contributed by atoms with van der Waals surface area (Å²) in [6.07, 6.45) is 0. The first-order valence-electron chi connectivity index (χ1n) is 17.4. The van der Waals surface area contributed by atoms with Gasteiger partial charge in [-0.15, -0.1) is 0 Å². The zero-order valence-corrected chi connectivity index (χ0v) is 27.8. The fourth-order valence-electron chi connectivity index (χ4n) is 7.67. The van der Waals surface area contributed by atoms with E-state index in [1.165, 1.54) is 16.3 Å². The molecule has 3 heterocycles. The van der Waals surface area contributed by atoms with Crippen molar-refractivity contribution >= 4 is 82.8 Å². The van der Waals surface area contributed by atoms with Crippen molar-refractivity contribution in [2.75, 3.05) is 4.90 Å². The number of hydrogen-bond donors (Lipinski definition) is 0. The Bertz CT molecular complexity index is 3130. The van der Waals surface area contributed by atoms with E-state index < -0.39 is 0 Å². The average Bonchev–Trinajstić information content (AvgIpc) is 3.90. The van der Waals surface area contributed by atoms with Crippen LogP contribution in [0.4, 0.5) is 17.1 Å². The van der Waals surface area contributed by atoms with E-state index in [9.17, 15) is 0 Å². The Hall–Kier alpha value is -7.11. The topological polar surface area (TPSA) is 55.6 Å². The second-order valence-corrected chi connectivity index (χ2v) is 13.1. The van der Waals surface area contributed by atoms with Crippen LogP contribution in [0.15, 0.2) is 183 Å². The number of fused-ring (bicyclic) bond motifs is 8. The first-order chi connectivity index (χ1) is 25.7. The van der Waals surface area contributed by atoms with Crippen molar-refractivity contribution in [1.29, 1.82) is 0 Å². The van der Waals surface area contributed by atoms with E-state index in [1.54, 1.807) is 0 Å². The number of oxazole rings is 1. The Morgan fingerprint density at radius 1 is 0.404 bits per heavy atom. The van der Waals surface area contributed by atoms with E-state index in [0.29, 0.717) is 11.5 Å². The van der Waals surface area contributed by atoms with Crippen molar-refractivity contribution in [2.45, 2.75) is 0 Å². The quantitative estimate of drug-likeness (QED) is 0.183. The van der Waals surface area contributed by atoms with Gasteiger partial charge in [-0.3, -0.25) is 0 Å². The molecule has 0 N–H and O–H groups in total. The van der Waals surface area contributed by atoms with Gasteiger partial charge >= 0.3 is 0 Å². The number of anilines is 3. The molecule has 0 saturated heterocycles. The molecule has 11 aromatic rings. The molecule has 244 valence electrons. The summed E-state index contributed by atoms with van der Waals surface area (Å²) in [6, 6.07) is 58.8. The van der Waals surface area contributed by atoms with Crippen molar-refractivity contribution in [3.8, 4) is 22.6 Å². The van der Waals surface area contributed by atoms with Crippen molar-refractivity contribution < 1.29 is 13.3 Å². The molecule has 0 radical (unpaired) electrons. The summed E-state index contributed by atoms with van der Waals surface area (Å²) in [5, 5.41) is 6.58. The zero-order valence-electron chi connectivity index (χ0n) is 27.8. The van der Waals surface area contributed by atoms with Crippen molar-refractivity contribution in [1.82, 2.24) is 4.98 Å². The lowest BCUT2D eigenvalue weighted by Gasteiger charge is -2.26. The van der Waals surface area contributed by atoms with Gasteiger partial charge in [-0.2, -0.15) is 0 Å². The number of benzene rings is 8. The average molecular weight is 669 g/mol. The maximum atomic E-state index is 6.42. The molecule has 0 atom stereocenters. The van der Waals surface area contributed by atoms with Crippen LogP contribution in [-0.2, 0) is 0 Å². The van der Waals surface area contributed by atoms with Gasteiger partial charge in [0.15, 0.2) is 5.58 Å². The number of nitrogens with zero attached hydrogens (tertiary/aromatic N) is 2. The highest BCUT2D eigenvalue weighted by Gasteiger charge is 2.21. The van der Waals surface area contributed by atoms with Gasteiger partial charge in [0.05, 0.1) is 11.1 Å². The minimum Gasteiger partial charge on any atom is -0.456 e. The van der Waals surface area contributed by atoms with Gasteiger partial charge < -0.3 is 18.2 Å². The third kappa shape index (κ3) is 4.46. The lowest BCUT2D eigenvalue weighted by molar-refractivity contribution is 0.617. The summed E-state index contributed by atoms with van der Waals surface area (Å²) in [6.45, 7) is 0. The maximum Gasteiger partial charge on any atom is 0.227 e. The summed E-state index contributed by atoms with van der Waals surface area (Å²) in [5.74, 6) is 0.590. The lowest BCUT2D eigenvalue weighted by Crippen LogP contribution is -2.10. The molecular weight excluding hydrogens is 641 g/mol. The summed E-state index contributed by atoms with van der Waals surface area (Å²) < 4.78 is 19.0. The summed E-state index contributed by atoms with van der Waals surface area (Å²) in [4.78, 5) is 7.17. The van der Waals surface area contributed by atoms with Crippen LogP contribution >= 0.6 is 0 Å². The molecule has 52 heavy (non-hydrogen) atoms. The lowest BCUT2D eigenvalue weighted by atomic mass is 9.98. The van der Waals surface area contributed by atoms with Gasteiger partial charge in [0.1, 0.15) is 27.8 Å². The number of furan rings is 2. The van der Waals surface area contributed by atoms with E-state index in [0.717, 1.165) is 77.6 Å². The van der Waals surface area contributed by atoms with Crippen molar-refractivity contribution in [3.63, 3.8) is 0 Å². The third-order valence-corrected chi connectivity index (χ3v) is 10.1. The molecule has 11 rings (SSSR count). The molecule has 0 spiro atoms. The predicted molar refractivity (Wildman–Crippen MR) is 212 cm³/mol. The minimum absolute atomic E-state index is 0.590. The van der Waals surface area contributed by atoms with Gasteiger partial charge in [0, 0.05) is 39.2 Å². The highest BCUT2D eigenvalue weighted by Crippen LogP contribution is 2.45. The van der Waals surface area contributed by atoms with Crippen LogP contribution in [0.5, 0.6) is 0 Å². The van der Waals surface area contributed by atoms with E-state index in [2.05, 4.69) is 120 Å². The largest absolute Gasteiger partial charge is 0.456 e. The second kappa shape index (κ2) is 11.2. The number of hydrogen-bond acceptors (Lipinski definition) is 5. The smallest absolute Gasteiger partial charge is 0.227 e. The Labute approximate surface area is 297 Å². The zero-order chi connectivity index (χ0) is 34.2. The molecule has 0 unspecified atom stereocenters. The normalized spacial score (nSPS) is 11.8. The Balaban J connectivity index is 1.11. The summed E-state index contributed by atoms with van der Waals surface area (Å²) in [7, 11) is 0. The van der Waals surface area contributed by atoms with E-state index in [1.807, 2.05) is 54.6 Å². The van der Waals surface area contributed by atoms with Gasteiger partial charge in [-0.1, -0.05) is 97.1 Å². The predicted octanol–water partition coefficient (Wildman–Crippen LogP) is 13.6. The van der Waals surface area contributed by atoms with Gasteiger partial charge in [0.2, 0.25) is 5.89 Å². The van der Waals surface area contributed by atoms with Crippen LogP contribution in [0.2, 0.25) is 0 Å². The molecule has 0 amide bonds. The molecular formula is C47H28N2O3. The molecule has 5 nitrogen and oxygen atoms in total. The van der Waals surface area contributed by atoms with E-state index in [4.69, 9.17) is 18.2 Å². The van der Waals surface area contributed by atoms with Crippen LogP contribution in [0, 0.1) is 0 Å². The summed E-state index contributed by atoms with van der Waals surface area (Å²) in [5.41, 5.74) is 11.1. The standard InChI is InChI=1S/C47H28N2O3/c1-2-11-31(12-3-1)47-48-39-27-38-37-26-33(24-25-42(37)51-44(38)28-45(39)52-47)49(40-17-9-19-43-46(40)36-15-6-7-18-41(36)50-43)32-22-20-30(21-23-32)35-16-8-13-29-10-4-5-14-34(29)35/h1-28H. The third-order valence-electron chi connectivity index (χ3n) is 10.1. The van der Waals surface area contributed by atoms with Crippen molar-refractivity contribution in [2.24, 2.45) is 0 Å². The molecule has 8 aromatic carbocycles. The molecule has 0 fully saturated rings. The van der Waals surface area contributed by atoms with Gasteiger partial charge in [-0.25, -0.2) is 4.98 Å². The second-order valence-electron chi connectivity index (χ2n) is 13.1. The van der Waals surface area contributed by atoms with Crippen LogP contribution < -0.4 is 4.90 Å². The fraction of sp³-hybridized carbons (Fsp3) is 0. The summed E-state index contributed by atoms with van der Waals surface area (Å²) >= 11 is 0. The number of rotatable bonds is 5. The first-order valence-corrected chi connectivity index (χ1v) is 17.4. The maximum absolute atomic E-state index is 6.42. The molecule has 0 aliphatic rings. The van der Waals surface area contributed by atoms with Gasteiger partial charge in [0.25, 0.3) is 0 Å². The minimum atomic E-state index is 0.590. The van der Waals surface area contributed by atoms with Crippen LogP contribution in [0.25, 0.3) is 88.3 Å². The van der Waals surface area contributed by atoms with Crippen molar-refractivity contribution in [3.05, 3.63) is 170 Å². The highest BCUT2D eigenvalue weighted by molar-refractivity contribution is 6.14. The van der Waals surface area contributed by atoms with E-state index >= 15 is 0 Å². The molecule has 3 aromatic heterocycles. The number of aromatic nitrogens is 1. The SMILES string of the molecule is c1ccc(-c2nc3cc4c(cc3o2)oc2ccc(N(c3ccc(-c5cccc6ccccc56)cc3)c3cccc5oc6ccccc6c35)cc24)cc1. The van der Waals surface area contributed by atoms with E-state index in [-0.39, 0.29) is 0 Å². The molecule has 0 saturated carbocycles. The Morgan fingerprint density at radius 3 is 2.00 bits per heavy atom. The Morgan fingerprint density at radius 2 is 1.10 bits per heavy atom. The highest BCUT2D eigenvalue weighted by atomic mass is 16.4. The van der Waals surface area contributed by atoms with Gasteiger partial charge in [-0.05, 0) is 88.6 Å². The molecule has 0 aliphatic carbocycles. The fourth-order valence-corrected chi connectivity index (χ4v) is 7.67. The molecule has 5 heteroatoms. The Kier molecular flexibility index (Phi) is 6.18. The number of para-hydroxylation sites is 1. The van der Waals surface area contributed by atoms with Crippen LogP contribution in [-0.4, -0.2) is 4.98 Å². The molecule has 0 aliphatic heterocycles. The molecule has 0 bridgehead atoms. The first kappa shape index (κ1) is 28.7.